The summed E-state index contributed by atoms with van der Waals surface area (Å²) in [4.78, 5) is 23.0. The summed E-state index contributed by atoms with van der Waals surface area (Å²) < 4.78 is 27.2. The molecular formula is C21H15F2N3O3. The Balaban J connectivity index is 1.50. The van der Waals surface area contributed by atoms with Gasteiger partial charge in [0, 0.05) is 41.6 Å². The molecule has 0 unspecified atom stereocenters. The molecule has 0 saturated heterocycles. The van der Waals surface area contributed by atoms with Crippen molar-refractivity contribution in [2.24, 2.45) is 0 Å². The number of anilines is 2. The molecule has 0 radical (unpaired) electrons. The Hall–Kier alpha value is -3.81. The van der Waals surface area contributed by atoms with Crippen LogP contribution in [-0.2, 0) is 11.2 Å². The Morgan fingerprint density at radius 3 is 2.69 bits per heavy atom. The van der Waals surface area contributed by atoms with Gasteiger partial charge in [-0.05, 0) is 35.4 Å². The highest BCUT2D eigenvalue weighted by Crippen LogP contribution is 2.31. The van der Waals surface area contributed by atoms with Crippen molar-refractivity contribution in [2.45, 2.75) is 12.5 Å². The number of fused-ring (bicyclic) bond motifs is 1. The molecule has 8 heteroatoms. The first-order valence-corrected chi connectivity index (χ1v) is 8.81. The van der Waals surface area contributed by atoms with Crippen molar-refractivity contribution in [2.75, 3.05) is 10.6 Å². The zero-order valence-electron chi connectivity index (χ0n) is 15.0. The predicted molar refractivity (Wildman–Crippen MR) is 105 cm³/mol. The molecule has 0 aromatic heterocycles. The summed E-state index contributed by atoms with van der Waals surface area (Å²) in [7, 11) is 0. The molecule has 3 aromatic rings. The van der Waals surface area contributed by atoms with Gasteiger partial charge in [0.15, 0.2) is 0 Å². The minimum absolute atomic E-state index is 0.0497. The van der Waals surface area contributed by atoms with E-state index in [2.05, 4.69) is 10.6 Å². The average molecular weight is 395 g/mol. The maximum atomic E-state index is 14.0. The van der Waals surface area contributed by atoms with E-state index in [1.807, 2.05) is 0 Å². The van der Waals surface area contributed by atoms with E-state index in [1.54, 1.807) is 30.3 Å². The maximum Gasteiger partial charge on any atom is 0.271 e. The second-order valence-corrected chi connectivity index (χ2v) is 6.69. The average Bonchev–Trinajstić information content (AvgIpc) is 3.11. The molecule has 1 amide bonds. The van der Waals surface area contributed by atoms with E-state index in [0.29, 0.717) is 23.4 Å². The number of nitrogens with one attached hydrogen (secondary N) is 2. The van der Waals surface area contributed by atoms with Gasteiger partial charge in [0.1, 0.15) is 17.7 Å². The standard InChI is InChI=1S/C21H15F2N3O3/c22-14-5-7-17(18(23)10-14)12-2-1-3-15(8-12)24-21(27)20-9-13-4-6-16(26(28)29)11-19(13)25-20/h1-8,10-11,20,25H,9H2,(H,24,27)/t20-/m1/s1. The van der Waals surface area contributed by atoms with E-state index in [9.17, 15) is 23.7 Å². The normalized spacial score (nSPS) is 14.8. The number of halogens is 2. The molecule has 4 rings (SSSR count). The molecule has 1 heterocycles. The van der Waals surface area contributed by atoms with Gasteiger partial charge in [0.05, 0.1) is 4.92 Å². The lowest BCUT2D eigenvalue weighted by Gasteiger charge is -2.13. The SMILES string of the molecule is O=C(Nc1cccc(-c2ccc(F)cc2F)c1)[C@H]1Cc2ccc([N+](=O)[O-])cc2N1. The molecule has 0 aliphatic carbocycles. The largest absolute Gasteiger partial charge is 0.373 e. The summed E-state index contributed by atoms with van der Waals surface area (Å²) in [5, 5.41) is 16.7. The molecule has 0 saturated carbocycles. The van der Waals surface area contributed by atoms with Crippen LogP contribution < -0.4 is 10.6 Å². The van der Waals surface area contributed by atoms with E-state index < -0.39 is 22.6 Å². The lowest BCUT2D eigenvalue weighted by atomic mass is 10.0. The van der Waals surface area contributed by atoms with Gasteiger partial charge >= 0.3 is 0 Å². The van der Waals surface area contributed by atoms with Gasteiger partial charge in [0.25, 0.3) is 5.69 Å². The van der Waals surface area contributed by atoms with Gasteiger partial charge in [-0.15, -0.1) is 0 Å². The molecule has 0 fully saturated rings. The maximum absolute atomic E-state index is 14.0. The van der Waals surface area contributed by atoms with Crippen molar-refractivity contribution >= 4 is 23.0 Å². The van der Waals surface area contributed by atoms with Crippen LogP contribution >= 0.6 is 0 Å². The minimum Gasteiger partial charge on any atom is -0.373 e. The fourth-order valence-electron chi connectivity index (χ4n) is 3.32. The van der Waals surface area contributed by atoms with E-state index in [0.717, 1.165) is 11.6 Å². The van der Waals surface area contributed by atoms with Gasteiger partial charge < -0.3 is 10.6 Å². The highest BCUT2D eigenvalue weighted by molar-refractivity contribution is 5.98. The van der Waals surface area contributed by atoms with Crippen LogP contribution in [0.5, 0.6) is 0 Å². The summed E-state index contributed by atoms with van der Waals surface area (Å²) in [6.07, 6.45) is 0.394. The molecule has 1 atom stereocenters. The third-order valence-corrected chi connectivity index (χ3v) is 4.75. The first kappa shape index (κ1) is 18.5. The highest BCUT2D eigenvalue weighted by Gasteiger charge is 2.28. The number of non-ortho nitro benzene ring substituents is 1. The number of hydrogen-bond acceptors (Lipinski definition) is 4. The van der Waals surface area contributed by atoms with Crippen LogP contribution in [0.1, 0.15) is 5.56 Å². The molecule has 1 aliphatic rings. The van der Waals surface area contributed by atoms with Crippen molar-refractivity contribution in [3.8, 4) is 11.1 Å². The molecule has 3 aromatic carbocycles. The van der Waals surface area contributed by atoms with Crippen molar-refractivity contribution in [3.05, 3.63) is 88.0 Å². The highest BCUT2D eigenvalue weighted by atomic mass is 19.1. The summed E-state index contributed by atoms with van der Waals surface area (Å²) in [5.41, 5.74) is 2.51. The topological polar surface area (TPSA) is 84.3 Å². The monoisotopic (exact) mass is 395 g/mol. The van der Waals surface area contributed by atoms with E-state index in [1.165, 1.54) is 24.3 Å². The van der Waals surface area contributed by atoms with Crippen molar-refractivity contribution < 1.29 is 18.5 Å². The van der Waals surface area contributed by atoms with Crippen LogP contribution in [0.25, 0.3) is 11.1 Å². The fraction of sp³-hybridized carbons (Fsp3) is 0.0952. The zero-order valence-corrected chi connectivity index (χ0v) is 15.0. The summed E-state index contributed by atoms with van der Waals surface area (Å²) >= 11 is 0. The van der Waals surface area contributed by atoms with Crippen LogP contribution in [0.3, 0.4) is 0 Å². The third-order valence-electron chi connectivity index (χ3n) is 4.75. The second-order valence-electron chi connectivity index (χ2n) is 6.69. The van der Waals surface area contributed by atoms with Crippen LogP contribution in [0.4, 0.5) is 25.8 Å². The molecule has 0 spiro atoms. The minimum atomic E-state index is -0.692. The predicted octanol–water partition coefficient (Wildman–Crippen LogP) is 4.52. The number of hydrogen-bond donors (Lipinski definition) is 2. The van der Waals surface area contributed by atoms with E-state index in [-0.39, 0.29) is 17.2 Å². The zero-order chi connectivity index (χ0) is 20.5. The first-order chi connectivity index (χ1) is 13.9. The van der Waals surface area contributed by atoms with Crippen molar-refractivity contribution in [1.29, 1.82) is 0 Å². The van der Waals surface area contributed by atoms with E-state index >= 15 is 0 Å². The van der Waals surface area contributed by atoms with Gasteiger partial charge in [-0.3, -0.25) is 14.9 Å². The number of nitrogens with zero attached hydrogens (tertiary/aromatic N) is 1. The summed E-state index contributed by atoms with van der Waals surface area (Å²) in [6.45, 7) is 0. The molecule has 6 nitrogen and oxygen atoms in total. The van der Waals surface area contributed by atoms with Crippen molar-refractivity contribution in [3.63, 3.8) is 0 Å². The van der Waals surface area contributed by atoms with E-state index in [4.69, 9.17) is 0 Å². The molecule has 0 bridgehead atoms. The van der Waals surface area contributed by atoms with Crippen molar-refractivity contribution in [1.82, 2.24) is 0 Å². The lowest BCUT2D eigenvalue weighted by molar-refractivity contribution is -0.384. The number of carbonyl (C=O) groups excluding carboxylic acids is 1. The smallest absolute Gasteiger partial charge is 0.271 e. The number of benzene rings is 3. The van der Waals surface area contributed by atoms with Gasteiger partial charge in [0.2, 0.25) is 5.91 Å². The molecule has 1 aliphatic heterocycles. The number of amides is 1. The van der Waals surface area contributed by atoms with Crippen LogP contribution in [0, 0.1) is 21.7 Å². The Labute approximate surface area is 164 Å². The third kappa shape index (κ3) is 3.77. The number of rotatable bonds is 4. The number of nitro groups is 1. The Morgan fingerprint density at radius 2 is 1.93 bits per heavy atom. The Bertz CT molecular complexity index is 1130. The second kappa shape index (κ2) is 7.31. The van der Waals surface area contributed by atoms with Crippen LogP contribution in [-0.4, -0.2) is 16.9 Å². The molecule has 29 heavy (non-hydrogen) atoms. The van der Waals surface area contributed by atoms with Gasteiger partial charge in [-0.1, -0.05) is 18.2 Å². The Kier molecular flexibility index (Phi) is 4.67. The van der Waals surface area contributed by atoms with Crippen LogP contribution in [0.15, 0.2) is 60.7 Å². The number of nitro benzene ring substituents is 1. The summed E-state index contributed by atoms with van der Waals surface area (Å²) in [5.74, 6) is -1.67. The van der Waals surface area contributed by atoms with Gasteiger partial charge in [-0.25, -0.2) is 8.78 Å². The van der Waals surface area contributed by atoms with Crippen LogP contribution in [0.2, 0.25) is 0 Å². The quantitative estimate of drug-likeness (QED) is 0.503. The fourth-order valence-corrected chi connectivity index (χ4v) is 3.32. The molecule has 146 valence electrons. The van der Waals surface area contributed by atoms with Gasteiger partial charge in [-0.2, -0.15) is 0 Å². The lowest BCUT2D eigenvalue weighted by Crippen LogP contribution is -2.32. The number of carbonyl (C=O) groups is 1. The molecule has 2 N–H and O–H groups in total. The first-order valence-electron chi connectivity index (χ1n) is 8.81. The summed E-state index contributed by atoms with van der Waals surface area (Å²) in [6, 6.07) is 13.8. The molecular weight excluding hydrogens is 380 g/mol. The Morgan fingerprint density at radius 1 is 1.10 bits per heavy atom.